The Balaban J connectivity index is 1.64. The number of benzene rings is 1. The molecule has 1 fully saturated rings. The first-order chi connectivity index (χ1) is 10.7. The first kappa shape index (κ1) is 16.6. The summed E-state index contributed by atoms with van der Waals surface area (Å²) < 4.78 is 10.9. The molecule has 0 spiro atoms. The largest absolute Gasteiger partial charge is 0.494 e. The Morgan fingerprint density at radius 1 is 1.27 bits per heavy atom. The molecule has 0 saturated carbocycles. The average Bonchev–Trinajstić information content (AvgIpc) is 2.51. The maximum atomic E-state index is 5.67. The summed E-state index contributed by atoms with van der Waals surface area (Å²) in [6, 6.07) is 9.89. The van der Waals surface area contributed by atoms with E-state index in [1.165, 1.54) is 0 Å². The Bertz CT molecular complexity index is 458. The molecule has 122 valence electrons. The fourth-order valence-corrected chi connectivity index (χ4v) is 2.14. The molecule has 5 nitrogen and oxygen atoms in total. The van der Waals surface area contributed by atoms with Crippen LogP contribution >= 0.6 is 0 Å². The highest BCUT2D eigenvalue weighted by molar-refractivity contribution is 5.79. The second-order valence-electron chi connectivity index (χ2n) is 5.94. The van der Waals surface area contributed by atoms with Gasteiger partial charge in [0.2, 0.25) is 0 Å². The van der Waals surface area contributed by atoms with Crippen LogP contribution in [0.1, 0.15) is 20.3 Å². The molecule has 0 aliphatic carbocycles. The quantitative estimate of drug-likeness (QED) is 0.438. The first-order valence-electron chi connectivity index (χ1n) is 8.00. The molecule has 0 unspecified atom stereocenters. The zero-order valence-corrected chi connectivity index (χ0v) is 13.6. The summed E-state index contributed by atoms with van der Waals surface area (Å²) in [5, 5.41) is 6.62. The summed E-state index contributed by atoms with van der Waals surface area (Å²) in [6.07, 6.45) is 0.930. The maximum absolute atomic E-state index is 5.67. The van der Waals surface area contributed by atoms with E-state index in [4.69, 9.17) is 9.47 Å². The molecule has 0 amide bonds. The Labute approximate surface area is 133 Å². The Hall–Kier alpha value is -1.75. The number of hydrogen-bond acceptors (Lipinski definition) is 3. The first-order valence-corrected chi connectivity index (χ1v) is 8.00. The average molecular weight is 305 g/mol. The number of ether oxygens (including phenoxy) is 2. The second-order valence-corrected chi connectivity index (χ2v) is 5.94. The van der Waals surface area contributed by atoms with Crippen molar-refractivity contribution in [2.24, 2.45) is 10.4 Å². The third-order valence-corrected chi connectivity index (χ3v) is 3.49. The molecule has 22 heavy (non-hydrogen) atoms. The van der Waals surface area contributed by atoms with E-state index >= 15 is 0 Å². The SMILES string of the molecule is CCNC(=NCC1(C)COC1)NCCCOc1ccccc1. The van der Waals surface area contributed by atoms with Crippen LogP contribution in [0.25, 0.3) is 0 Å². The van der Waals surface area contributed by atoms with E-state index in [0.717, 1.165) is 51.0 Å². The minimum Gasteiger partial charge on any atom is -0.494 e. The lowest BCUT2D eigenvalue weighted by atomic mass is 9.89. The molecule has 1 aliphatic heterocycles. The van der Waals surface area contributed by atoms with Gasteiger partial charge < -0.3 is 20.1 Å². The number of rotatable bonds is 8. The molecule has 2 N–H and O–H groups in total. The molecule has 1 aliphatic rings. The third-order valence-electron chi connectivity index (χ3n) is 3.49. The molecule has 0 aromatic heterocycles. The predicted octanol–water partition coefficient (Wildman–Crippen LogP) is 2.05. The second kappa shape index (κ2) is 8.63. The smallest absolute Gasteiger partial charge is 0.191 e. The molecule has 0 atom stereocenters. The summed E-state index contributed by atoms with van der Waals surface area (Å²) in [4.78, 5) is 4.64. The highest BCUT2D eigenvalue weighted by Crippen LogP contribution is 2.26. The molecular weight excluding hydrogens is 278 g/mol. The van der Waals surface area contributed by atoms with Gasteiger partial charge in [-0.05, 0) is 25.5 Å². The van der Waals surface area contributed by atoms with Crippen LogP contribution in [-0.2, 0) is 4.74 Å². The molecule has 0 bridgehead atoms. The van der Waals surface area contributed by atoms with Crippen molar-refractivity contribution in [3.05, 3.63) is 30.3 Å². The molecular formula is C17H27N3O2. The Morgan fingerprint density at radius 2 is 2.05 bits per heavy atom. The van der Waals surface area contributed by atoms with Crippen molar-refractivity contribution in [3.63, 3.8) is 0 Å². The number of hydrogen-bond donors (Lipinski definition) is 2. The lowest BCUT2D eigenvalue weighted by Gasteiger charge is -2.36. The van der Waals surface area contributed by atoms with Crippen LogP contribution in [-0.4, -0.2) is 45.4 Å². The lowest BCUT2D eigenvalue weighted by molar-refractivity contribution is -0.0945. The summed E-state index contributed by atoms with van der Waals surface area (Å²) in [5.74, 6) is 1.79. The van der Waals surface area contributed by atoms with Crippen molar-refractivity contribution in [2.75, 3.05) is 39.5 Å². The molecule has 2 rings (SSSR count). The minimum atomic E-state index is 0.207. The zero-order chi connectivity index (χ0) is 15.7. The van der Waals surface area contributed by atoms with Gasteiger partial charge >= 0.3 is 0 Å². The van der Waals surface area contributed by atoms with Crippen LogP contribution in [0, 0.1) is 5.41 Å². The number of aliphatic imine (C=N–C) groups is 1. The minimum absolute atomic E-state index is 0.207. The van der Waals surface area contributed by atoms with Crippen molar-refractivity contribution in [3.8, 4) is 5.75 Å². The van der Waals surface area contributed by atoms with E-state index < -0.39 is 0 Å². The Kier molecular flexibility index (Phi) is 6.52. The number of nitrogens with zero attached hydrogens (tertiary/aromatic N) is 1. The monoisotopic (exact) mass is 305 g/mol. The van der Waals surface area contributed by atoms with Crippen molar-refractivity contribution < 1.29 is 9.47 Å². The number of para-hydroxylation sites is 1. The normalized spacial score (nSPS) is 16.7. The highest BCUT2D eigenvalue weighted by Gasteiger charge is 2.33. The van der Waals surface area contributed by atoms with E-state index in [1.54, 1.807) is 0 Å². The van der Waals surface area contributed by atoms with Crippen LogP contribution in [0.4, 0.5) is 0 Å². The van der Waals surface area contributed by atoms with Crippen LogP contribution in [0.15, 0.2) is 35.3 Å². The molecule has 1 aromatic rings. The lowest BCUT2D eigenvalue weighted by Crippen LogP contribution is -2.44. The third kappa shape index (κ3) is 5.56. The van der Waals surface area contributed by atoms with E-state index in [0.29, 0.717) is 6.61 Å². The van der Waals surface area contributed by atoms with Crippen molar-refractivity contribution >= 4 is 5.96 Å². The molecule has 1 heterocycles. The van der Waals surface area contributed by atoms with Crippen LogP contribution in [0.3, 0.4) is 0 Å². The van der Waals surface area contributed by atoms with E-state index in [2.05, 4.69) is 29.5 Å². The standard InChI is InChI=1S/C17H27N3O2/c1-3-18-16(20-12-17(2)13-21-14-17)19-10-7-11-22-15-8-5-4-6-9-15/h4-6,8-9H,3,7,10-14H2,1-2H3,(H2,18,19,20). The number of nitrogens with one attached hydrogen (secondary N) is 2. The van der Waals surface area contributed by atoms with Gasteiger partial charge in [-0.3, -0.25) is 4.99 Å². The van der Waals surface area contributed by atoms with Gasteiger partial charge in [0, 0.05) is 18.5 Å². The van der Waals surface area contributed by atoms with Gasteiger partial charge in [0.15, 0.2) is 5.96 Å². The molecule has 1 saturated heterocycles. The fourth-order valence-electron chi connectivity index (χ4n) is 2.14. The van der Waals surface area contributed by atoms with Gasteiger partial charge in [-0.1, -0.05) is 25.1 Å². The zero-order valence-electron chi connectivity index (χ0n) is 13.6. The predicted molar refractivity (Wildman–Crippen MR) is 89.5 cm³/mol. The van der Waals surface area contributed by atoms with Crippen molar-refractivity contribution in [1.82, 2.24) is 10.6 Å². The van der Waals surface area contributed by atoms with Gasteiger partial charge in [-0.15, -0.1) is 0 Å². The Morgan fingerprint density at radius 3 is 2.68 bits per heavy atom. The molecule has 1 aromatic carbocycles. The fraction of sp³-hybridized carbons (Fsp3) is 0.588. The van der Waals surface area contributed by atoms with Gasteiger partial charge in [0.25, 0.3) is 0 Å². The van der Waals surface area contributed by atoms with Gasteiger partial charge in [-0.2, -0.15) is 0 Å². The number of guanidine groups is 1. The molecule has 0 radical (unpaired) electrons. The van der Waals surface area contributed by atoms with Gasteiger partial charge in [0.1, 0.15) is 5.75 Å². The van der Waals surface area contributed by atoms with Gasteiger partial charge in [-0.25, -0.2) is 0 Å². The summed E-state index contributed by atoms with van der Waals surface area (Å²) in [7, 11) is 0. The van der Waals surface area contributed by atoms with E-state index in [1.807, 2.05) is 30.3 Å². The van der Waals surface area contributed by atoms with Crippen molar-refractivity contribution in [2.45, 2.75) is 20.3 Å². The van der Waals surface area contributed by atoms with E-state index in [9.17, 15) is 0 Å². The van der Waals surface area contributed by atoms with Gasteiger partial charge in [0.05, 0.1) is 26.4 Å². The summed E-state index contributed by atoms with van der Waals surface area (Å²) in [6.45, 7) is 9.08. The summed E-state index contributed by atoms with van der Waals surface area (Å²) >= 11 is 0. The van der Waals surface area contributed by atoms with Crippen LogP contribution < -0.4 is 15.4 Å². The highest BCUT2D eigenvalue weighted by atomic mass is 16.5. The van der Waals surface area contributed by atoms with Crippen LogP contribution in [0.2, 0.25) is 0 Å². The van der Waals surface area contributed by atoms with E-state index in [-0.39, 0.29) is 5.41 Å². The topological polar surface area (TPSA) is 54.9 Å². The molecule has 5 heteroatoms. The van der Waals surface area contributed by atoms with Crippen molar-refractivity contribution in [1.29, 1.82) is 0 Å². The maximum Gasteiger partial charge on any atom is 0.191 e. The van der Waals surface area contributed by atoms with Crippen LogP contribution in [0.5, 0.6) is 5.75 Å². The summed E-state index contributed by atoms with van der Waals surface area (Å²) in [5.41, 5.74) is 0.207.